The van der Waals surface area contributed by atoms with Gasteiger partial charge in [-0.2, -0.15) is 0 Å². The largest absolute Gasteiger partial charge is 0.481 e. The second-order valence-electron chi connectivity index (χ2n) is 3.60. The van der Waals surface area contributed by atoms with Gasteiger partial charge in [0, 0.05) is 5.57 Å². The normalized spacial score (nSPS) is 11.9. The number of hydrogen-bond acceptors (Lipinski definition) is 3. The van der Waals surface area contributed by atoms with Gasteiger partial charge in [0.2, 0.25) is 0 Å². The summed E-state index contributed by atoms with van der Waals surface area (Å²) in [7, 11) is 1.28. The van der Waals surface area contributed by atoms with Gasteiger partial charge >= 0.3 is 11.9 Å². The molecular formula is C12H20O4. The Balaban J connectivity index is 4.95. The number of esters is 1. The molecule has 0 saturated heterocycles. The zero-order valence-electron chi connectivity index (χ0n) is 10.2. The number of hydrogen-bond donors (Lipinski definition) is 1. The summed E-state index contributed by atoms with van der Waals surface area (Å²) in [5.41, 5.74) is 1.21. The maximum Gasteiger partial charge on any atom is 0.334 e. The van der Waals surface area contributed by atoms with Crippen molar-refractivity contribution in [2.24, 2.45) is 0 Å². The van der Waals surface area contributed by atoms with Crippen LogP contribution < -0.4 is 0 Å². The number of ether oxygens (including phenoxy) is 1. The van der Waals surface area contributed by atoms with Crippen molar-refractivity contribution < 1.29 is 19.4 Å². The van der Waals surface area contributed by atoms with Gasteiger partial charge in [0.25, 0.3) is 0 Å². The first kappa shape index (κ1) is 14.7. The van der Waals surface area contributed by atoms with Crippen LogP contribution in [0.5, 0.6) is 0 Å². The standard InChI is InChI=1S/C12H20O4/c1-4-6-7-9(5-2)10(8-11(13)14)12(15)16-3/h4-8H2,1-3H3,(H,13,14)/b10-9+. The van der Waals surface area contributed by atoms with Crippen molar-refractivity contribution in [3.8, 4) is 0 Å². The smallest absolute Gasteiger partial charge is 0.334 e. The second-order valence-corrected chi connectivity index (χ2v) is 3.60. The first-order chi connectivity index (χ1) is 7.56. The first-order valence-electron chi connectivity index (χ1n) is 5.57. The number of carboxylic acid groups (broad SMARTS) is 1. The predicted molar refractivity (Wildman–Crippen MR) is 61.1 cm³/mol. The van der Waals surface area contributed by atoms with E-state index in [4.69, 9.17) is 5.11 Å². The summed E-state index contributed by atoms with van der Waals surface area (Å²) in [5, 5.41) is 8.76. The number of aliphatic carboxylic acids is 1. The lowest BCUT2D eigenvalue weighted by molar-refractivity contribution is -0.141. The third-order valence-electron chi connectivity index (χ3n) is 2.45. The van der Waals surface area contributed by atoms with Gasteiger partial charge in [-0.25, -0.2) is 4.79 Å². The van der Waals surface area contributed by atoms with Crippen LogP contribution in [0.1, 0.15) is 46.0 Å². The van der Waals surface area contributed by atoms with E-state index < -0.39 is 11.9 Å². The number of unbranched alkanes of at least 4 members (excludes halogenated alkanes) is 1. The molecule has 0 bridgehead atoms. The van der Waals surface area contributed by atoms with Crippen molar-refractivity contribution in [3.05, 3.63) is 11.1 Å². The van der Waals surface area contributed by atoms with Gasteiger partial charge < -0.3 is 9.84 Å². The summed E-state index contributed by atoms with van der Waals surface area (Å²) in [6.45, 7) is 3.98. The number of carboxylic acids is 1. The zero-order chi connectivity index (χ0) is 12.6. The number of carbonyl (C=O) groups excluding carboxylic acids is 1. The third-order valence-corrected chi connectivity index (χ3v) is 2.45. The fourth-order valence-corrected chi connectivity index (χ4v) is 1.55. The van der Waals surface area contributed by atoms with Crippen molar-refractivity contribution in [2.75, 3.05) is 7.11 Å². The molecule has 0 aromatic heterocycles. The van der Waals surface area contributed by atoms with Gasteiger partial charge in [-0.1, -0.05) is 25.8 Å². The van der Waals surface area contributed by atoms with Crippen molar-refractivity contribution in [1.82, 2.24) is 0 Å². The lowest BCUT2D eigenvalue weighted by Crippen LogP contribution is -2.12. The summed E-state index contributed by atoms with van der Waals surface area (Å²) in [6.07, 6.45) is 3.19. The Morgan fingerprint density at radius 2 is 1.88 bits per heavy atom. The molecule has 0 rings (SSSR count). The number of allylic oxidation sites excluding steroid dienone is 1. The average molecular weight is 228 g/mol. The first-order valence-corrected chi connectivity index (χ1v) is 5.57. The van der Waals surface area contributed by atoms with Gasteiger partial charge in [0.05, 0.1) is 13.5 Å². The highest BCUT2D eigenvalue weighted by Crippen LogP contribution is 2.20. The third kappa shape index (κ3) is 4.96. The molecule has 0 aliphatic heterocycles. The van der Waals surface area contributed by atoms with Crippen molar-refractivity contribution in [1.29, 1.82) is 0 Å². The number of carbonyl (C=O) groups is 2. The minimum atomic E-state index is -0.997. The molecule has 16 heavy (non-hydrogen) atoms. The Bertz CT molecular complexity index is 279. The Kier molecular flexibility index (Phi) is 7.25. The van der Waals surface area contributed by atoms with E-state index in [1.54, 1.807) is 0 Å². The predicted octanol–water partition coefficient (Wildman–Crippen LogP) is 2.53. The molecule has 0 aromatic carbocycles. The SMILES string of the molecule is CCCC/C(CC)=C(\CC(=O)O)C(=O)OC. The van der Waals surface area contributed by atoms with Crippen LogP contribution in [-0.4, -0.2) is 24.2 Å². The van der Waals surface area contributed by atoms with Gasteiger partial charge in [-0.15, -0.1) is 0 Å². The maximum absolute atomic E-state index is 11.5. The van der Waals surface area contributed by atoms with Gasteiger partial charge in [-0.3, -0.25) is 4.79 Å². The van der Waals surface area contributed by atoms with Crippen LogP contribution in [0.25, 0.3) is 0 Å². The van der Waals surface area contributed by atoms with E-state index in [1.807, 2.05) is 6.92 Å². The molecule has 0 heterocycles. The number of methoxy groups -OCH3 is 1. The Hall–Kier alpha value is -1.32. The molecule has 0 atom stereocenters. The molecule has 0 radical (unpaired) electrons. The summed E-state index contributed by atoms with van der Waals surface area (Å²) in [4.78, 5) is 22.1. The van der Waals surface area contributed by atoms with Crippen molar-refractivity contribution >= 4 is 11.9 Å². The molecule has 0 unspecified atom stereocenters. The summed E-state index contributed by atoms with van der Waals surface area (Å²) in [5.74, 6) is -1.52. The van der Waals surface area contributed by atoms with E-state index in [-0.39, 0.29) is 6.42 Å². The molecule has 0 aliphatic rings. The van der Waals surface area contributed by atoms with Crippen LogP contribution in [0.3, 0.4) is 0 Å². The molecule has 0 amide bonds. The maximum atomic E-state index is 11.5. The van der Waals surface area contributed by atoms with Crippen LogP contribution >= 0.6 is 0 Å². The lowest BCUT2D eigenvalue weighted by atomic mass is 9.98. The molecule has 4 heteroatoms. The molecule has 0 fully saturated rings. The minimum absolute atomic E-state index is 0.250. The molecule has 1 N–H and O–H groups in total. The summed E-state index contributed by atoms with van der Waals surface area (Å²) < 4.78 is 4.62. The van der Waals surface area contributed by atoms with Crippen molar-refractivity contribution in [3.63, 3.8) is 0 Å². The molecule has 0 aliphatic carbocycles. The highest BCUT2D eigenvalue weighted by atomic mass is 16.5. The van der Waals surface area contributed by atoms with E-state index in [9.17, 15) is 9.59 Å². The molecule has 0 saturated carbocycles. The number of rotatable bonds is 7. The van der Waals surface area contributed by atoms with E-state index in [0.29, 0.717) is 12.0 Å². The van der Waals surface area contributed by atoms with Gasteiger partial charge in [0.1, 0.15) is 0 Å². The second kappa shape index (κ2) is 7.91. The van der Waals surface area contributed by atoms with Crippen LogP contribution in [0.15, 0.2) is 11.1 Å². The zero-order valence-corrected chi connectivity index (χ0v) is 10.2. The highest BCUT2D eigenvalue weighted by Gasteiger charge is 2.17. The lowest BCUT2D eigenvalue weighted by Gasteiger charge is -2.10. The topological polar surface area (TPSA) is 63.6 Å². The van der Waals surface area contributed by atoms with Crippen LogP contribution in [0.4, 0.5) is 0 Å². The average Bonchev–Trinajstić information content (AvgIpc) is 2.27. The van der Waals surface area contributed by atoms with Crippen LogP contribution in [0.2, 0.25) is 0 Å². The Morgan fingerprint density at radius 3 is 2.25 bits per heavy atom. The van der Waals surface area contributed by atoms with Gasteiger partial charge in [0.15, 0.2) is 0 Å². The van der Waals surface area contributed by atoms with Crippen LogP contribution in [0, 0.1) is 0 Å². The molecule has 0 aromatic rings. The molecule has 0 spiro atoms. The van der Waals surface area contributed by atoms with E-state index >= 15 is 0 Å². The fraction of sp³-hybridized carbons (Fsp3) is 0.667. The van der Waals surface area contributed by atoms with Crippen molar-refractivity contribution in [2.45, 2.75) is 46.0 Å². The Labute approximate surface area is 96.3 Å². The van der Waals surface area contributed by atoms with Crippen LogP contribution in [-0.2, 0) is 14.3 Å². The molecule has 92 valence electrons. The fourth-order valence-electron chi connectivity index (χ4n) is 1.55. The van der Waals surface area contributed by atoms with Gasteiger partial charge in [-0.05, 0) is 19.3 Å². The summed E-state index contributed by atoms with van der Waals surface area (Å²) in [6, 6.07) is 0. The monoisotopic (exact) mass is 228 g/mol. The minimum Gasteiger partial charge on any atom is -0.481 e. The summed E-state index contributed by atoms with van der Waals surface area (Å²) >= 11 is 0. The highest BCUT2D eigenvalue weighted by molar-refractivity contribution is 5.94. The van der Waals surface area contributed by atoms with E-state index in [0.717, 1.165) is 24.8 Å². The Morgan fingerprint density at radius 1 is 1.25 bits per heavy atom. The molecular weight excluding hydrogens is 208 g/mol. The quantitative estimate of drug-likeness (QED) is 0.537. The van der Waals surface area contributed by atoms with E-state index in [2.05, 4.69) is 11.7 Å². The molecule has 4 nitrogen and oxygen atoms in total. The van der Waals surface area contributed by atoms with E-state index in [1.165, 1.54) is 7.11 Å².